The fourth-order valence-electron chi connectivity index (χ4n) is 2.67. The van der Waals surface area contributed by atoms with Crippen LogP contribution in [0.25, 0.3) is 16.9 Å². The second-order valence-electron chi connectivity index (χ2n) is 5.82. The fraction of sp³-hybridized carbons (Fsp3) is 0.167. The van der Waals surface area contributed by atoms with Gasteiger partial charge in [-0.3, -0.25) is 0 Å². The Morgan fingerprint density at radius 1 is 1.19 bits per heavy atom. The van der Waals surface area contributed by atoms with Crippen LogP contribution in [0.2, 0.25) is 0 Å². The molecule has 3 heterocycles. The van der Waals surface area contributed by atoms with Crippen LogP contribution in [-0.2, 0) is 5.92 Å². The molecular weight excluding hydrogens is 342 g/mol. The lowest BCUT2D eigenvalue weighted by Gasteiger charge is -2.14. The van der Waals surface area contributed by atoms with Crippen LogP contribution in [-0.4, -0.2) is 26.6 Å². The molecule has 132 valence electrons. The molecule has 0 saturated carbocycles. The first kappa shape index (κ1) is 16.2. The average molecular weight is 356 g/mol. The summed E-state index contributed by atoms with van der Waals surface area (Å²) >= 11 is 0. The Morgan fingerprint density at radius 2 is 2.04 bits per heavy atom. The second kappa shape index (κ2) is 5.91. The van der Waals surface area contributed by atoms with Crippen molar-refractivity contribution in [3.8, 4) is 17.1 Å². The van der Waals surface area contributed by atoms with Gasteiger partial charge in [-0.15, -0.1) is 0 Å². The van der Waals surface area contributed by atoms with Gasteiger partial charge in [0, 0.05) is 17.3 Å². The number of alkyl halides is 2. The zero-order chi connectivity index (χ0) is 18.3. The molecule has 0 radical (unpaired) electrons. The lowest BCUT2D eigenvalue weighted by atomic mass is 10.1. The van der Waals surface area contributed by atoms with Gasteiger partial charge in [0.25, 0.3) is 0 Å². The number of hydrogen-bond acceptors (Lipinski definition) is 5. The van der Waals surface area contributed by atoms with Gasteiger partial charge in [-0.1, -0.05) is 17.3 Å². The van der Waals surface area contributed by atoms with Crippen molar-refractivity contribution in [1.82, 2.24) is 19.5 Å². The van der Waals surface area contributed by atoms with Gasteiger partial charge >= 0.3 is 11.8 Å². The molecule has 0 fully saturated rings. The van der Waals surface area contributed by atoms with E-state index in [0.29, 0.717) is 11.3 Å². The second-order valence-corrected chi connectivity index (χ2v) is 5.82. The van der Waals surface area contributed by atoms with Crippen molar-refractivity contribution >= 4 is 5.52 Å². The molecular formula is C18H14F2N4O2. The van der Waals surface area contributed by atoms with Crippen LogP contribution in [0.4, 0.5) is 8.78 Å². The number of rotatable bonds is 4. The van der Waals surface area contributed by atoms with Gasteiger partial charge in [0.15, 0.2) is 0 Å². The Bertz CT molecular complexity index is 1090. The molecule has 3 aromatic heterocycles. The van der Waals surface area contributed by atoms with Gasteiger partial charge < -0.3 is 13.7 Å². The Balaban J connectivity index is 1.72. The van der Waals surface area contributed by atoms with E-state index in [0.717, 1.165) is 11.1 Å². The van der Waals surface area contributed by atoms with Crippen molar-refractivity contribution in [3.05, 3.63) is 66.1 Å². The maximum atomic E-state index is 14.8. The topological polar surface area (TPSA) is 65.5 Å². The highest BCUT2D eigenvalue weighted by Crippen LogP contribution is 2.37. The summed E-state index contributed by atoms with van der Waals surface area (Å²) in [5.74, 6) is -3.75. The van der Waals surface area contributed by atoms with Crippen molar-refractivity contribution in [1.29, 1.82) is 0 Å². The maximum absolute atomic E-state index is 14.8. The monoisotopic (exact) mass is 356 g/mol. The summed E-state index contributed by atoms with van der Waals surface area (Å²) < 4.78 is 41.4. The molecule has 0 spiro atoms. The molecule has 0 N–H and O–H groups in total. The van der Waals surface area contributed by atoms with E-state index < -0.39 is 11.8 Å². The summed E-state index contributed by atoms with van der Waals surface area (Å²) in [5, 5.41) is 3.70. The van der Waals surface area contributed by atoms with Gasteiger partial charge in [-0.05, 0) is 30.7 Å². The molecule has 0 aliphatic heterocycles. The number of hydrogen-bond donors (Lipinski definition) is 0. The number of imidazole rings is 1. The third kappa shape index (κ3) is 2.59. The normalized spacial score (nSPS) is 11.8. The molecule has 1 aromatic carbocycles. The largest absolute Gasteiger partial charge is 0.496 e. The van der Waals surface area contributed by atoms with E-state index in [1.807, 2.05) is 0 Å². The van der Waals surface area contributed by atoms with Crippen molar-refractivity contribution in [2.75, 3.05) is 7.11 Å². The van der Waals surface area contributed by atoms with Crippen molar-refractivity contribution in [3.63, 3.8) is 0 Å². The van der Waals surface area contributed by atoms with E-state index in [9.17, 15) is 8.78 Å². The first-order valence-electron chi connectivity index (χ1n) is 7.78. The van der Waals surface area contributed by atoms with Crippen LogP contribution < -0.4 is 4.74 Å². The number of pyridine rings is 1. The smallest absolute Gasteiger partial charge is 0.350 e. The number of fused-ring (bicyclic) bond motifs is 1. The molecule has 0 aliphatic carbocycles. The highest BCUT2D eigenvalue weighted by molar-refractivity contribution is 5.62. The van der Waals surface area contributed by atoms with E-state index >= 15 is 0 Å². The molecule has 0 atom stereocenters. The van der Waals surface area contributed by atoms with Crippen molar-refractivity contribution < 1.29 is 18.0 Å². The van der Waals surface area contributed by atoms with Gasteiger partial charge in [0.2, 0.25) is 5.82 Å². The third-order valence-corrected chi connectivity index (χ3v) is 4.14. The quantitative estimate of drug-likeness (QED) is 0.556. The molecule has 0 amide bonds. The Labute approximate surface area is 147 Å². The minimum atomic E-state index is -3.44. The number of ether oxygens (including phenoxy) is 1. The van der Waals surface area contributed by atoms with Crippen LogP contribution in [0.15, 0.2) is 53.6 Å². The van der Waals surface area contributed by atoms with E-state index in [2.05, 4.69) is 15.1 Å². The van der Waals surface area contributed by atoms with E-state index in [1.165, 1.54) is 19.2 Å². The molecule has 0 aliphatic rings. The lowest BCUT2D eigenvalue weighted by Crippen LogP contribution is -2.16. The summed E-state index contributed by atoms with van der Waals surface area (Å²) in [4.78, 5) is 7.91. The summed E-state index contributed by atoms with van der Waals surface area (Å²) in [6.07, 6.45) is 5.04. The number of benzene rings is 1. The number of halogens is 2. The maximum Gasteiger partial charge on any atom is 0.350 e. The zero-order valence-electron chi connectivity index (χ0n) is 14.0. The average Bonchev–Trinajstić information content (AvgIpc) is 3.30. The van der Waals surface area contributed by atoms with Gasteiger partial charge in [0.1, 0.15) is 5.75 Å². The zero-order valence-corrected chi connectivity index (χ0v) is 14.0. The molecule has 26 heavy (non-hydrogen) atoms. The third-order valence-electron chi connectivity index (χ3n) is 4.14. The number of aromatic nitrogens is 4. The van der Waals surface area contributed by atoms with Gasteiger partial charge in [0.05, 0.1) is 25.2 Å². The van der Waals surface area contributed by atoms with Gasteiger partial charge in [-0.25, -0.2) is 4.98 Å². The van der Waals surface area contributed by atoms with Crippen LogP contribution in [0.1, 0.15) is 17.0 Å². The first-order valence-corrected chi connectivity index (χ1v) is 7.78. The highest BCUT2D eigenvalue weighted by atomic mass is 19.3. The van der Waals surface area contributed by atoms with E-state index in [1.54, 1.807) is 48.2 Å². The fourth-order valence-corrected chi connectivity index (χ4v) is 2.67. The first-order chi connectivity index (χ1) is 12.5. The van der Waals surface area contributed by atoms with E-state index in [-0.39, 0.29) is 11.4 Å². The van der Waals surface area contributed by atoms with Gasteiger partial charge in [-0.2, -0.15) is 13.8 Å². The van der Waals surface area contributed by atoms with Crippen molar-refractivity contribution in [2.24, 2.45) is 0 Å². The minimum absolute atomic E-state index is 0.0856. The predicted octanol–water partition coefficient (Wildman–Crippen LogP) is 3.84. The van der Waals surface area contributed by atoms with Crippen LogP contribution in [0.3, 0.4) is 0 Å². The predicted molar refractivity (Wildman–Crippen MR) is 89.2 cm³/mol. The molecule has 8 heteroatoms. The SMILES string of the molecule is COc1cc(C(F)(F)c2nc(-c3ccn4cncc4c3)no2)ccc1C. The van der Waals surface area contributed by atoms with Crippen LogP contribution in [0.5, 0.6) is 5.75 Å². The minimum Gasteiger partial charge on any atom is -0.496 e. The molecule has 4 aromatic rings. The summed E-state index contributed by atoms with van der Waals surface area (Å²) in [7, 11) is 1.43. The number of aryl methyl sites for hydroxylation is 1. The Hall–Kier alpha value is -3.29. The summed E-state index contributed by atoms with van der Waals surface area (Å²) in [6.45, 7) is 1.78. The number of methoxy groups -OCH3 is 1. The molecule has 0 unspecified atom stereocenters. The molecule has 6 nitrogen and oxygen atoms in total. The van der Waals surface area contributed by atoms with E-state index in [4.69, 9.17) is 9.26 Å². The Morgan fingerprint density at radius 3 is 2.85 bits per heavy atom. The standard InChI is InChI=1S/C18H14F2N4O2/c1-11-3-4-13(8-15(11)25-2)18(19,20)17-22-16(23-26-17)12-5-6-24-10-21-9-14(24)7-12/h3-10H,1-2H3. The summed E-state index contributed by atoms with van der Waals surface area (Å²) in [5.41, 5.74) is 1.84. The Kier molecular flexibility index (Phi) is 3.68. The lowest BCUT2D eigenvalue weighted by molar-refractivity contribution is 0.00742. The van der Waals surface area contributed by atoms with Crippen molar-refractivity contribution in [2.45, 2.75) is 12.8 Å². The molecule has 4 rings (SSSR count). The number of nitrogens with zero attached hydrogens (tertiary/aromatic N) is 4. The highest BCUT2D eigenvalue weighted by Gasteiger charge is 2.41. The summed E-state index contributed by atoms with van der Waals surface area (Å²) in [6, 6.07) is 7.61. The molecule has 0 saturated heterocycles. The van der Waals surface area contributed by atoms with Crippen LogP contribution in [0, 0.1) is 6.92 Å². The molecule has 0 bridgehead atoms. The van der Waals surface area contributed by atoms with Crippen LogP contribution >= 0.6 is 0 Å².